The van der Waals surface area contributed by atoms with Crippen LogP contribution in [0.25, 0.3) is 11.3 Å². The molecule has 0 fully saturated rings. The van der Waals surface area contributed by atoms with Gasteiger partial charge >= 0.3 is 0 Å². The largest absolute Gasteiger partial charge is 0.378 e. The number of aromatic nitrogens is 1. The number of non-ortho nitro benzene ring substituents is 1. The van der Waals surface area contributed by atoms with Crippen LogP contribution in [0, 0.1) is 10.1 Å². The average molecular weight is 367 g/mol. The lowest BCUT2D eigenvalue weighted by molar-refractivity contribution is -0.384. The fraction of sp³-hybridized carbons (Fsp3) is 0.111. The Bertz CT molecular complexity index is 935. The van der Waals surface area contributed by atoms with E-state index < -0.39 is 4.92 Å². The van der Waals surface area contributed by atoms with E-state index in [2.05, 4.69) is 15.5 Å². The highest BCUT2D eigenvalue weighted by Crippen LogP contribution is 2.27. The Hall–Kier alpha value is -3.26. The van der Waals surface area contributed by atoms with Gasteiger partial charge in [0.2, 0.25) is 5.13 Å². The van der Waals surface area contributed by atoms with E-state index in [0.29, 0.717) is 16.4 Å². The van der Waals surface area contributed by atoms with Crippen LogP contribution in [0.2, 0.25) is 0 Å². The number of hydrogen-bond donors (Lipinski definition) is 1. The Labute approximate surface area is 154 Å². The topological polar surface area (TPSA) is 83.7 Å². The molecule has 1 N–H and O–H groups in total. The molecule has 3 rings (SSSR count). The lowest BCUT2D eigenvalue weighted by Gasteiger charge is -2.11. The first kappa shape index (κ1) is 17.6. The van der Waals surface area contributed by atoms with Gasteiger partial charge in [0.1, 0.15) is 0 Å². The average Bonchev–Trinajstić information content (AvgIpc) is 3.11. The molecule has 0 radical (unpaired) electrons. The number of benzene rings is 2. The number of nitrogens with one attached hydrogen (secondary N) is 1. The molecule has 8 heteroatoms. The Balaban J connectivity index is 1.67. The monoisotopic (exact) mass is 367 g/mol. The second-order valence-corrected chi connectivity index (χ2v) is 6.56. The molecular formula is C18H17N5O2S. The van der Waals surface area contributed by atoms with E-state index in [1.165, 1.54) is 23.5 Å². The molecule has 0 saturated carbocycles. The van der Waals surface area contributed by atoms with Gasteiger partial charge in [-0.15, -0.1) is 11.3 Å². The summed E-state index contributed by atoms with van der Waals surface area (Å²) < 4.78 is 0. The summed E-state index contributed by atoms with van der Waals surface area (Å²) in [7, 11) is 3.98. The molecule has 0 atom stereocenters. The quantitative estimate of drug-likeness (QED) is 0.400. The van der Waals surface area contributed by atoms with Crippen LogP contribution < -0.4 is 10.3 Å². The van der Waals surface area contributed by atoms with E-state index >= 15 is 0 Å². The number of hydrogen-bond acceptors (Lipinski definition) is 7. The molecule has 0 unspecified atom stereocenters. The van der Waals surface area contributed by atoms with Crippen LogP contribution in [-0.4, -0.2) is 30.2 Å². The molecule has 0 aliphatic heterocycles. The molecular weight excluding hydrogens is 350 g/mol. The van der Waals surface area contributed by atoms with Crippen LogP contribution in [0.4, 0.5) is 16.5 Å². The summed E-state index contributed by atoms with van der Waals surface area (Å²) in [5, 5.41) is 17.5. The molecule has 3 aromatic rings. The summed E-state index contributed by atoms with van der Waals surface area (Å²) in [6.45, 7) is 0. The van der Waals surface area contributed by atoms with E-state index in [9.17, 15) is 10.1 Å². The van der Waals surface area contributed by atoms with Crippen LogP contribution in [0.1, 0.15) is 5.56 Å². The zero-order valence-electron chi connectivity index (χ0n) is 14.3. The van der Waals surface area contributed by atoms with Crippen molar-refractivity contribution in [3.8, 4) is 11.3 Å². The number of hydrazone groups is 1. The van der Waals surface area contributed by atoms with Crippen molar-refractivity contribution in [2.75, 3.05) is 24.4 Å². The van der Waals surface area contributed by atoms with Crippen LogP contribution in [-0.2, 0) is 0 Å². The lowest BCUT2D eigenvalue weighted by atomic mass is 10.1. The molecule has 2 aromatic carbocycles. The standard InChI is InChI=1S/C18H17N5O2S/c1-22(2)15-8-6-13(7-9-15)11-19-21-18-20-17(12-26-18)14-4-3-5-16(10-14)23(24)25/h3-12H,1-2H3,(H,20,21). The smallest absolute Gasteiger partial charge is 0.270 e. The first-order valence-corrected chi connectivity index (χ1v) is 8.68. The van der Waals surface area contributed by atoms with Gasteiger partial charge in [0, 0.05) is 42.9 Å². The molecule has 0 spiro atoms. The van der Waals surface area contributed by atoms with Crippen LogP contribution in [0.15, 0.2) is 59.0 Å². The number of thiazole rings is 1. The minimum Gasteiger partial charge on any atom is -0.378 e. The first-order chi connectivity index (χ1) is 12.5. The fourth-order valence-corrected chi connectivity index (χ4v) is 2.93. The van der Waals surface area contributed by atoms with E-state index in [1.807, 2.05) is 48.6 Å². The third-order valence-electron chi connectivity index (χ3n) is 3.64. The molecule has 0 aliphatic carbocycles. The van der Waals surface area contributed by atoms with Gasteiger partial charge in [-0.25, -0.2) is 4.98 Å². The maximum absolute atomic E-state index is 10.9. The molecule has 0 saturated heterocycles. The summed E-state index contributed by atoms with van der Waals surface area (Å²) in [6.07, 6.45) is 1.72. The van der Waals surface area contributed by atoms with E-state index in [-0.39, 0.29) is 5.69 Å². The maximum atomic E-state index is 10.9. The summed E-state index contributed by atoms with van der Waals surface area (Å²) in [5.41, 5.74) is 6.40. The second-order valence-electron chi connectivity index (χ2n) is 5.70. The van der Waals surface area contributed by atoms with E-state index in [1.54, 1.807) is 18.3 Å². The summed E-state index contributed by atoms with van der Waals surface area (Å²) >= 11 is 1.39. The minimum absolute atomic E-state index is 0.0456. The van der Waals surface area contributed by atoms with Crippen molar-refractivity contribution in [2.45, 2.75) is 0 Å². The number of rotatable bonds is 6. The molecule has 7 nitrogen and oxygen atoms in total. The molecule has 1 aromatic heterocycles. The number of nitro groups is 1. The fourth-order valence-electron chi connectivity index (χ4n) is 2.26. The zero-order chi connectivity index (χ0) is 18.5. The van der Waals surface area contributed by atoms with Crippen LogP contribution in [0.5, 0.6) is 0 Å². The number of nitrogens with zero attached hydrogens (tertiary/aromatic N) is 4. The highest BCUT2D eigenvalue weighted by atomic mass is 32.1. The molecule has 0 bridgehead atoms. The first-order valence-electron chi connectivity index (χ1n) is 7.80. The predicted molar refractivity (Wildman–Crippen MR) is 106 cm³/mol. The highest BCUT2D eigenvalue weighted by Gasteiger charge is 2.09. The number of anilines is 2. The van der Waals surface area contributed by atoms with Gasteiger partial charge in [-0.05, 0) is 17.7 Å². The number of nitro benzene ring substituents is 1. The van der Waals surface area contributed by atoms with Crippen molar-refractivity contribution in [1.29, 1.82) is 0 Å². The highest BCUT2D eigenvalue weighted by molar-refractivity contribution is 7.14. The molecule has 132 valence electrons. The Morgan fingerprint density at radius 3 is 2.69 bits per heavy atom. The maximum Gasteiger partial charge on any atom is 0.270 e. The van der Waals surface area contributed by atoms with Crippen LogP contribution >= 0.6 is 11.3 Å². The van der Waals surface area contributed by atoms with Crippen molar-refractivity contribution in [2.24, 2.45) is 5.10 Å². The molecule has 1 heterocycles. The third kappa shape index (κ3) is 4.22. The Morgan fingerprint density at radius 1 is 1.23 bits per heavy atom. The third-order valence-corrected chi connectivity index (χ3v) is 4.39. The van der Waals surface area contributed by atoms with Gasteiger partial charge in [0.25, 0.3) is 5.69 Å². The van der Waals surface area contributed by atoms with Gasteiger partial charge in [-0.1, -0.05) is 24.3 Å². The van der Waals surface area contributed by atoms with E-state index in [0.717, 1.165) is 11.3 Å². The molecule has 26 heavy (non-hydrogen) atoms. The molecule has 0 amide bonds. The van der Waals surface area contributed by atoms with Crippen LogP contribution in [0.3, 0.4) is 0 Å². The lowest BCUT2D eigenvalue weighted by Crippen LogP contribution is -2.08. The Morgan fingerprint density at radius 2 is 2.00 bits per heavy atom. The summed E-state index contributed by atoms with van der Waals surface area (Å²) in [4.78, 5) is 16.9. The van der Waals surface area contributed by atoms with Gasteiger partial charge in [-0.3, -0.25) is 15.5 Å². The van der Waals surface area contributed by atoms with Gasteiger partial charge in [0.15, 0.2) is 0 Å². The van der Waals surface area contributed by atoms with Crippen molar-refractivity contribution < 1.29 is 4.92 Å². The molecule has 0 aliphatic rings. The van der Waals surface area contributed by atoms with Crippen molar-refractivity contribution in [3.63, 3.8) is 0 Å². The van der Waals surface area contributed by atoms with E-state index in [4.69, 9.17) is 0 Å². The Kier molecular flexibility index (Phi) is 5.23. The minimum atomic E-state index is -0.416. The summed E-state index contributed by atoms with van der Waals surface area (Å²) in [5.74, 6) is 0. The van der Waals surface area contributed by atoms with Crippen molar-refractivity contribution in [1.82, 2.24) is 4.98 Å². The predicted octanol–water partition coefficient (Wildman–Crippen LogP) is 4.23. The van der Waals surface area contributed by atoms with Crippen molar-refractivity contribution >= 4 is 34.1 Å². The van der Waals surface area contributed by atoms with Crippen molar-refractivity contribution in [3.05, 3.63) is 69.6 Å². The SMILES string of the molecule is CN(C)c1ccc(C=NNc2nc(-c3cccc([N+](=O)[O-])c3)cs2)cc1. The van der Waals surface area contributed by atoms with Gasteiger partial charge in [0.05, 0.1) is 16.8 Å². The van der Waals surface area contributed by atoms with Gasteiger partial charge < -0.3 is 4.90 Å². The zero-order valence-corrected chi connectivity index (χ0v) is 15.1. The second kappa shape index (κ2) is 7.75. The summed E-state index contributed by atoms with van der Waals surface area (Å²) in [6, 6.07) is 14.4. The van der Waals surface area contributed by atoms with Gasteiger partial charge in [-0.2, -0.15) is 5.10 Å². The normalized spacial score (nSPS) is 10.8.